The average Bonchev–Trinajstić information content (AvgIpc) is 2.26. The lowest BCUT2D eigenvalue weighted by Crippen LogP contribution is -2.40. The number of hydrogen-bond donors (Lipinski definition) is 1. The van der Waals surface area contributed by atoms with E-state index in [9.17, 15) is 4.79 Å². The number of nitrogens with zero attached hydrogens (tertiary/aromatic N) is 1. The van der Waals surface area contributed by atoms with Crippen molar-refractivity contribution in [3.8, 4) is 0 Å². The lowest BCUT2D eigenvalue weighted by atomic mass is 9.95. The number of piperidine rings is 1. The van der Waals surface area contributed by atoms with E-state index in [-0.39, 0.29) is 11.9 Å². The third-order valence-corrected chi connectivity index (χ3v) is 3.13. The first-order valence-electron chi connectivity index (χ1n) is 6.26. The van der Waals surface area contributed by atoms with E-state index in [1.54, 1.807) is 6.08 Å². The molecule has 0 bridgehead atoms. The maximum absolute atomic E-state index is 12.1. The van der Waals surface area contributed by atoms with E-state index in [4.69, 9.17) is 0 Å². The molecule has 0 spiro atoms. The van der Waals surface area contributed by atoms with Crippen LogP contribution in [0.5, 0.6) is 0 Å². The Morgan fingerprint density at radius 3 is 2.88 bits per heavy atom. The van der Waals surface area contributed by atoms with Gasteiger partial charge in [0.05, 0.1) is 0 Å². The van der Waals surface area contributed by atoms with E-state index >= 15 is 0 Å². The Balaban J connectivity index is 2.43. The number of amides is 1. The van der Waals surface area contributed by atoms with Crippen molar-refractivity contribution in [3.63, 3.8) is 0 Å². The molecule has 0 aromatic carbocycles. The first-order valence-corrected chi connectivity index (χ1v) is 6.26. The van der Waals surface area contributed by atoms with Gasteiger partial charge in [0.2, 0.25) is 5.91 Å². The highest BCUT2D eigenvalue weighted by Crippen LogP contribution is 2.16. The summed E-state index contributed by atoms with van der Waals surface area (Å²) in [5, 5.41) is 3.35. The van der Waals surface area contributed by atoms with Crippen LogP contribution in [-0.4, -0.2) is 36.5 Å². The van der Waals surface area contributed by atoms with Gasteiger partial charge in [0.1, 0.15) is 0 Å². The second-order valence-corrected chi connectivity index (χ2v) is 4.85. The van der Waals surface area contributed by atoms with Gasteiger partial charge in [0.25, 0.3) is 0 Å². The quantitative estimate of drug-likeness (QED) is 0.722. The fraction of sp³-hybridized carbons (Fsp3) is 0.769. The molecule has 1 heterocycles. The monoisotopic (exact) mass is 224 g/mol. The number of carbonyl (C=O) groups excluding carboxylic acids is 1. The van der Waals surface area contributed by atoms with Gasteiger partial charge in [-0.25, -0.2) is 0 Å². The van der Waals surface area contributed by atoms with Crippen LogP contribution >= 0.6 is 0 Å². The number of rotatable bonds is 5. The minimum atomic E-state index is 0.266. The van der Waals surface area contributed by atoms with Crippen LogP contribution in [-0.2, 0) is 4.79 Å². The van der Waals surface area contributed by atoms with Crippen LogP contribution in [0.4, 0.5) is 0 Å². The van der Waals surface area contributed by atoms with Crippen molar-refractivity contribution in [1.82, 2.24) is 10.2 Å². The molecular weight excluding hydrogens is 200 g/mol. The molecule has 0 aromatic rings. The molecule has 1 fully saturated rings. The van der Waals surface area contributed by atoms with Crippen LogP contribution in [0.2, 0.25) is 0 Å². The molecule has 1 N–H and O–H groups in total. The molecule has 0 saturated carbocycles. The standard InChI is InChI=1S/C13H24N2O/c1-4-8-15(11(2)3)13(16)9-12-6-5-7-14-10-12/h4,11-12,14H,1,5-10H2,2-3H3. The van der Waals surface area contributed by atoms with E-state index in [1.807, 2.05) is 4.90 Å². The van der Waals surface area contributed by atoms with Crippen LogP contribution in [0.3, 0.4) is 0 Å². The Morgan fingerprint density at radius 2 is 2.38 bits per heavy atom. The molecule has 1 aliphatic rings. The molecule has 1 amide bonds. The highest BCUT2D eigenvalue weighted by atomic mass is 16.2. The summed E-state index contributed by atoms with van der Waals surface area (Å²) in [6.07, 6.45) is 4.86. The summed E-state index contributed by atoms with van der Waals surface area (Å²) in [7, 11) is 0. The molecule has 92 valence electrons. The minimum absolute atomic E-state index is 0.266. The smallest absolute Gasteiger partial charge is 0.223 e. The normalized spacial score (nSPS) is 20.8. The van der Waals surface area contributed by atoms with Crippen molar-refractivity contribution in [3.05, 3.63) is 12.7 Å². The summed E-state index contributed by atoms with van der Waals surface area (Å²) in [4.78, 5) is 14.0. The Labute approximate surface area is 98.9 Å². The van der Waals surface area contributed by atoms with Crippen molar-refractivity contribution in [2.24, 2.45) is 5.92 Å². The average molecular weight is 224 g/mol. The summed E-state index contributed by atoms with van der Waals surface area (Å²) in [5.41, 5.74) is 0. The fourth-order valence-electron chi connectivity index (χ4n) is 2.20. The summed E-state index contributed by atoms with van der Waals surface area (Å²) in [6, 6.07) is 0.266. The second kappa shape index (κ2) is 6.69. The van der Waals surface area contributed by atoms with Crippen molar-refractivity contribution >= 4 is 5.91 Å². The first-order chi connectivity index (χ1) is 7.65. The van der Waals surface area contributed by atoms with Gasteiger partial charge < -0.3 is 10.2 Å². The van der Waals surface area contributed by atoms with E-state index in [0.29, 0.717) is 18.9 Å². The third kappa shape index (κ3) is 3.97. The van der Waals surface area contributed by atoms with Crippen LogP contribution < -0.4 is 5.32 Å². The maximum atomic E-state index is 12.1. The van der Waals surface area contributed by atoms with E-state index < -0.39 is 0 Å². The molecule has 1 unspecified atom stereocenters. The maximum Gasteiger partial charge on any atom is 0.223 e. The zero-order chi connectivity index (χ0) is 12.0. The second-order valence-electron chi connectivity index (χ2n) is 4.85. The van der Waals surface area contributed by atoms with E-state index in [2.05, 4.69) is 25.7 Å². The molecule has 1 aliphatic heterocycles. The largest absolute Gasteiger partial charge is 0.337 e. The number of carbonyl (C=O) groups is 1. The van der Waals surface area contributed by atoms with Crippen LogP contribution in [0.25, 0.3) is 0 Å². The Hall–Kier alpha value is -0.830. The third-order valence-electron chi connectivity index (χ3n) is 3.13. The van der Waals surface area contributed by atoms with E-state index in [0.717, 1.165) is 13.1 Å². The minimum Gasteiger partial charge on any atom is -0.337 e. The molecule has 0 radical (unpaired) electrons. The van der Waals surface area contributed by atoms with Gasteiger partial charge in [-0.3, -0.25) is 4.79 Å². The molecule has 1 saturated heterocycles. The van der Waals surface area contributed by atoms with Gasteiger partial charge in [0, 0.05) is 19.0 Å². The zero-order valence-electron chi connectivity index (χ0n) is 10.5. The van der Waals surface area contributed by atoms with E-state index in [1.165, 1.54) is 12.8 Å². The lowest BCUT2D eigenvalue weighted by molar-refractivity contribution is -0.133. The van der Waals surface area contributed by atoms with Gasteiger partial charge in [-0.05, 0) is 45.7 Å². The lowest BCUT2D eigenvalue weighted by Gasteiger charge is -2.29. The van der Waals surface area contributed by atoms with Crippen molar-refractivity contribution < 1.29 is 4.79 Å². The Morgan fingerprint density at radius 1 is 1.62 bits per heavy atom. The summed E-state index contributed by atoms with van der Waals surface area (Å²) >= 11 is 0. The first kappa shape index (κ1) is 13.2. The van der Waals surface area contributed by atoms with Crippen LogP contribution in [0.1, 0.15) is 33.1 Å². The highest BCUT2D eigenvalue weighted by Gasteiger charge is 2.21. The number of hydrogen-bond acceptors (Lipinski definition) is 2. The molecule has 1 atom stereocenters. The summed E-state index contributed by atoms with van der Waals surface area (Å²) in [6.45, 7) is 10.6. The molecule has 3 heteroatoms. The predicted octanol–water partition coefficient (Wildman–Crippen LogP) is 1.80. The summed E-state index contributed by atoms with van der Waals surface area (Å²) < 4.78 is 0. The van der Waals surface area contributed by atoms with Gasteiger partial charge in [-0.1, -0.05) is 6.08 Å². The molecule has 16 heavy (non-hydrogen) atoms. The SMILES string of the molecule is C=CCN(C(=O)CC1CCCNC1)C(C)C. The topological polar surface area (TPSA) is 32.3 Å². The molecule has 1 rings (SSSR count). The van der Waals surface area contributed by atoms with Gasteiger partial charge in [0.15, 0.2) is 0 Å². The Bertz CT molecular complexity index is 232. The molecular formula is C13H24N2O. The highest BCUT2D eigenvalue weighted by molar-refractivity contribution is 5.77. The van der Waals surface area contributed by atoms with Gasteiger partial charge >= 0.3 is 0 Å². The zero-order valence-corrected chi connectivity index (χ0v) is 10.5. The van der Waals surface area contributed by atoms with Gasteiger partial charge in [-0.2, -0.15) is 0 Å². The van der Waals surface area contributed by atoms with Crippen molar-refractivity contribution in [1.29, 1.82) is 0 Å². The van der Waals surface area contributed by atoms with Crippen molar-refractivity contribution in [2.45, 2.75) is 39.2 Å². The van der Waals surface area contributed by atoms with Gasteiger partial charge in [-0.15, -0.1) is 6.58 Å². The predicted molar refractivity (Wildman–Crippen MR) is 67.3 cm³/mol. The van der Waals surface area contributed by atoms with Crippen LogP contribution in [0.15, 0.2) is 12.7 Å². The van der Waals surface area contributed by atoms with Crippen LogP contribution in [0, 0.1) is 5.92 Å². The Kier molecular flexibility index (Phi) is 5.53. The summed E-state index contributed by atoms with van der Waals surface area (Å²) in [5.74, 6) is 0.788. The molecule has 0 aliphatic carbocycles. The fourth-order valence-corrected chi connectivity index (χ4v) is 2.20. The molecule has 0 aromatic heterocycles. The van der Waals surface area contributed by atoms with Crippen molar-refractivity contribution in [2.75, 3.05) is 19.6 Å². The number of nitrogens with one attached hydrogen (secondary N) is 1. The molecule has 3 nitrogen and oxygen atoms in total.